The van der Waals surface area contributed by atoms with Gasteiger partial charge >= 0.3 is 5.97 Å². The van der Waals surface area contributed by atoms with Gasteiger partial charge in [0.05, 0.1) is 4.90 Å². The highest BCUT2D eigenvalue weighted by atomic mass is 32.2. The zero-order valence-electron chi connectivity index (χ0n) is 16.2. The Bertz CT molecular complexity index is 933. The number of hydrogen-bond acceptors (Lipinski definition) is 5. The predicted molar refractivity (Wildman–Crippen MR) is 109 cm³/mol. The topological polar surface area (TPSA) is 80.8 Å². The number of nitrogens with zero attached hydrogens (tertiary/aromatic N) is 1. The van der Waals surface area contributed by atoms with E-state index in [0.29, 0.717) is 25.1 Å². The van der Waals surface area contributed by atoms with Crippen molar-refractivity contribution in [2.24, 2.45) is 0 Å². The maximum absolute atomic E-state index is 12.7. The molecule has 0 unspecified atom stereocenters. The van der Waals surface area contributed by atoms with Crippen molar-refractivity contribution in [3.05, 3.63) is 65.7 Å². The zero-order chi connectivity index (χ0) is 20.7. The van der Waals surface area contributed by atoms with Gasteiger partial charge in [-0.3, -0.25) is 9.59 Å². The molecule has 1 aliphatic heterocycles. The molecule has 0 amide bonds. The Morgan fingerprint density at radius 1 is 0.897 bits per heavy atom. The van der Waals surface area contributed by atoms with Gasteiger partial charge in [0.2, 0.25) is 10.0 Å². The molecule has 0 aliphatic carbocycles. The number of esters is 1. The summed E-state index contributed by atoms with van der Waals surface area (Å²) in [7, 11) is -3.45. The summed E-state index contributed by atoms with van der Waals surface area (Å²) in [6.45, 7) is 0.852. The molecule has 1 saturated heterocycles. The zero-order valence-corrected chi connectivity index (χ0v) is 17.1. The normalized spacial score (nSPS) is 15.0. The lowest BCUT2D eigenvalue weighted by Gasteiger charge is -2.25. The number of sulfonamides is 1. The van der Waals surface area contributed by atoms with Gasteiger partial charge in [-0.05, 0) is 37.0 Å². The van der Waals surface area contributed by atoms with Gasteiger partial charge in [0.15, 0.2) is 12.4 Å². The summed E-state index contributed by atoms with van der Waals surface area (Å²) in [5.74, 6) is -0.703. The van der Waals surface area contributed by atoms with E-state index in [1.807, 2.05) is 6.07 Å². The van der Waals surface area contributed by atoms with Gasteiger partial charge in [-0.15, -0.1) is 0 Å². The molecule has 7 heteroatoms. The van der Waals surface area contributed by atoms with Crippen LogP contribution in [0.4, 0.5) is 0 Å². The Kier molecular flexibility index (Phi) is 7.17. The molecule has 1 aliphatic rings. The van der Waals surface area contributed by atoms with Crippen LogP contribution in [0.25, 0.3) is 0 Å². The van der Waals surface area contributed by atoms with Gasteiger partial charge in [0, 0.05) is 25.1 Å². The first kappa shape index (κ1) is 21.2. The number of ketones is 1. The highest BCUT2D eigenvalue weighted by Crippen LogP contribution is 2.21. The smallest absolute Gasteiger partial charge is 0.306 e. The average molecular weight is 416 g/mol. The first-order valence-electron chi connectivity index (χ1n) is 9.80. The maximum Gasteiger partial charge on any atom is 0.306 e. The fraction of sp³-hybridized carbons (Fsp3) is 0.364. The lowest BCUT2D eigenvalue weighted by Crippen LogP contribution is -2.35. The number of benzene rings is 2. The molecule has 3 rings (SSSR count). The second-order valence-electron chi connectivity index (χ2n) is 7.06. The molecule has 2 aromatic carbocycles. The van der Waals surface area contributed by atoms with Crippen LogP contribution in [0.5, 0.6) is 0 Å². The van der Waals surface area contributed by atoms with Gasteiger partial charge < -0.3 is 4.74 Å². The summed E-state index contributed by atoms with van der Waals surface area (Å²) in [5, 5.41) is 0. The van der Waals surface area contributed by atoms with E-state index in [2.05, 4.69) is 0 Å². The van der Waals surface area contributed by atoms with Gasteiger partial charge in [-0.25, -0.2) is 8.42 Å². The van der Waals surface area contributed by atoms with Crippen molar-refractivity contribution in [3.8, 4) is 0 Å². The first-order chi connectivity index (χ1) is 14.0. The summed E-state index contributed by atoms with van der Waals surface area (Å²) in [4.78, 5) is 24.1. The van der Waals surface area contributed by atoms with Crippen LogP contribution in [0, 0.1) is 0 Å². The van der Waals surface area contributed by atoms with Crippen molar-refractivity contribution >= 4 is 21.8 Å². The van der Waals surface area contributed by atoms with Crippen LogP contribution in [-0.2, 0) is 26.0 Å². The third-order valence-electron chi connectivity index (χ3n) is 4.95. The van der Waals surface area contributed by atoms with Gasteiger partial charge in [-0.2, -0.15) is 4.31 Å². The molecule has 6 nitrogen and oxygen atoms in total. The minimum absolute atomic E-state index is 0.125. The van der Waals surface area contributed by atoms with E-state index >= 15 is 0 Å². The average Bonchev–Trinajstić information content (AvgIpc) is 2.77. The van der Waals surface area contributed by atoms with Crippen molar-refractivity contribution in [1.82, 2.24) is 4.31 Å². The Balaban J connectivity index is 1.48. The highest BCUT2D eigenvalue weighted by molar-refractivity contribution is 7.89. The van der Waals surface area contributed by atoms with Gasteiger partial charge in [0.25, 0.3) is 0 Å². The quantitative estimate of drug-likeness (QED) is 0.488. The van der Waals surface area contributed by atoms with Crippen LogP contribution in [0.1, 0.15) is 41.6 Å². The van der Waals surface area contributed by atoms with Crippen LogP contribution in [-0.4, -0.2) is 44.2 Å². The molecular weight excluding hydrogens is 390 g/mol. The Morgan fingerprint density at radius 2 is 1.55 bits per heavy atom. The van der Waals surface area contributed by atoms with Crippen LogP contribution < -0.4 is 0 Å². The summed E-state index contributed by atoms with van der Waals surface area (Å²) < 4.78 is 31.9. The third kappa shape index (κ3) is 5.74. The number of piperidine rings is 1. The molecular formula is C22H25NO5S. The fourth-order valence-electron chi connectivity index (χ4n) is 3.25. The molecule has 1 heterocycles. The molecule has 0 bridgehead atoms. The van der Waals surface area contributed by atoms with Crippen molar-refractivity contribution in [2.45, 2.75) is 37.0 Å². The largest absolute Gasteiger partial charge is 0.457 e. The monoisotopic (exact) mass is 415 g/mol. The van der Waals surface area contributed by atoms with Gasteiger partial charge in [0.1, 0.15) is 0 Å². The Labute approximate surface area is 171 Å². The molecule has 2 aromatic rings. The first-order valence-corrected chi connectivity index (χ1v) is 11.2. The van der Waals surface area contributed by atoms with E-state index < -0.39 is 16.0 Å². The van der Waals surface area contributed by atoms with Crippen LogP contribution in [0.3, 0.4) is 0 Å². The molecule has 0 N–H and O–H groups in total. The number of hydrogen-bond donors (Lipinski definition) is 0. The number of carbonyl (C=O) groups is 2. The van der Waals surface area contributed by atoms with Crippen molar-refractivity contribution in [3.63, 3.8) is 0 Å². The van der Waals surface area contributed by atoms with E-state index in [1.165, 1.54) is 4.31 Å². The molecule has 29 heavy (non-hydrogen) atoms. The Morgan fingerprint density at radius 3 is 2.21 bits per heavy atom. The molecule has 0 aromatic heterocycles. The second-order valence-corrected chi connectivity index (χ2v) is 9.00. The Hall–Kier alpha value is -2.51. The third-order valence-corrected chi connectivity index (χ3v) is 6.87. The van der Waals surface area contributed by atoms with E-state index in [4.69, 9.17) is 4.74 Å². The summed E-state index contributed by atoms with van der Waals surface area (Å²) in [6, 6.07) is 15.3. The van der Waals surface area contributed by atoms with Crippen molar-refractivity contribution in [2.75, 3.05) is 19.7 Å². The lowest BCUT2D eigenvalue weighted by atomic mass is 10.1. The van der Waals surface area contributed by atoms with E-state index in [-0.39, 0.29) is 23.7 Å². The highest BCUT2D eigenvalue weighted by Gasteiger charge is 2.25. The van der Waals surface area contributed by atoms with Crippen molar-refractivity contribution < 1.29 is 22.7 Å². The fourth-order valence-corrected chi connectivity index (χ4v) is 4.77. The summed E-state index contributed by atoms with van der Waals surface area (Å²) >= 11 is 0. The van der Waals surface area contributed by atoms with Crippen LogP contribution in [0.15, 0.2) is 59.5 Å². The SMILES string of the molecule is O=C(CCc1ccc(S(=O)(=O)N2CCCCC2)cc1)OCC(=O)c1ccccc1. The number of ether oxygens (including phenoxy) is 1. The molecule has 0 spiro atoms. The predicted octanol–water partition coefficient (Wildman–Crippen LogP) is 3.22. The second kappa shape index (κ2) is 9.80. The summed E-state index contributed by atoms with van der Waals surface area (Å²) in [6.07, 6.45) is 3.40. The van der Waals surface area contributed by atoms with Crippen LogP contribution in [0.2, 0.25) is 0 Å². The maximum atomic E-state index is 12.7. The van der Waals surface area contributed by atoms with E-state index in [0.717, 1.165) is 24.8 Å². The molecule has 0 radical (unpaired) electrons. The molecule has 0 atom stereocenters. The molecule has 0 saturated carbocycles. The summed E-state index contributed by atoms with van der Waals surface area (Å²) in [5.41, 5.74) is 1.35. The van der Waals surface area contributed by atoms with Crippen molar-refractivity contribution in [1.29, 1.82) is 0 Å². The number of Topliss-reactive ketones (excluding diaryl/α,β-unsaturated/α-hetero) is 1. The minimum atomic E-state index is -3.45. The number of rotatable bonds is 8. The number of aryl methyl sites for hydroxylation is 1. The van der Waals surface area contributed by atoms with Gasteiger partial charge in [-0.1, -0.05) is 48.9 Å². The molecule has 154 valence electrons. The number of carbonyl (C=O) groups excluding carboxylic acids is 2. The van der Waals surface area contributed by atoms with E-state index in [1.54, 1.807) is 48.5 Å². The molecule has 1 fully saturated rings. The standard InChI is InChI=1S/C22H25NO5S/c24-21(19-7-3-1-4-8-19)17-28-22(25)14-11-18-9-12-20(13-10-18)29(26,27)23-15-5-2-6-16-23/h1,3-4,7-10,12-13H,2,5-6,11,14-17H2. The minimum Gasteiger partial charge on any atom is -0.457 e. The van der Waals surface area contributed by atoms with E-state index in [9.17, 15) is 18.0 Å². The lowest BCUT2D eigenvalue weighted by molar-refractivity contribution is -0.142. The van der Waals surface area contributed by atoms with Crippen LogP contribution >= 0.6 is 0 Å².